The molecule has 7 heteroatoms. The molecule has 0 saturated carbocycles. The molecule has 0 bridgehead atoms. The van der Waals surface area contributed by atoms with Crippen LogP contribution >= 0.6 is 28.3 Å². The van der Waals surface area contributed by atoms with Gasteiger partial charge in [-0.05, 0) is 36.7 Å². The van der Waals surface area contributed by atoms with Crippen LogP contribution in [0.15, 0.2) is 34.1 Å². The number of halogens is 2. The van der Waals surface area contributed by atoms with Crippen molar-refractivity contribution in [1.29, 1.82) is 0 Å². The first-order chi connectivity index (χ1) is 8.03. The zero-order valence-corrected chi connectivity index (χ0v) is 12.9. The van der Waals surface area contributed by atoms with Gasteiger partial charge in [0, 0.05) is 16.4 Å². The van der Waals surface area contributed by atoms with Crippen LogP contribution in [0.2, 0.25) is 0 Å². The Morgan fingerprint density at radius 1 is 1.28 bits per heavy atom. The van der Waals surface area contributed by atoms with Gasteiger partial charge in [0.1, 0.15) is 0 Å². The van der Waals surface area contributed by atoms with E-state index in [1.807, 2.05) is 24.3 Å². The molecule has 18 heavy (non-hydrogen) atoms. The zero-order valence-electron chi connectivity index (χ0n) is 9.67. The Kier molecular flexibility index (Phi) is 8.47. The Labute approximate surface area is 122 Å². The molecule has 0 spiro atoms. The zero-order chi connectivity index (χ0) is 12.7. The van der Waals surface area contributed by atoms with Gasteiger partial charge in [-0.25, -0.2) is 13.1 Å². The van der Waals surface area contributed by atoms with E-state index >= 15 is 0 Å². The van der Waals surface area contributed by atoms with E-state index in [0.717, 1.165) is 15.4 Å². The van der Waals surface area contributed by atoms with Crippen LogP contribution in [0.1, 0.15) is 12.0 Å². The first kappa shape index (κ1) is 17.6. The monoisotopic (exact) mass is 354 g/mol. The van der Waals surface area contributed by atoms with E-state index in [-0.39, 0.29) is 12.4 Å². The Hall–Kier alpha value is -0.400. The molecule has 0 saturated heterocycles. The lowest BCUT2D eigenvalue weighted by Gasteiger charge is -2.00. The van der Waals surface area contributed by atoms with Gasteiger partial charge in [-0.3, -0.25) is 0 Å². The summed E-state index contributed by atoms with van der Waals surface area (Å²) in [6.45, 7) is 0.836. The van der Waals surface area contributed by atoms with Crippen LogP contribution in [0.5, 0.6) is 0 Å². The van der Waals surface area contributed by atoms with Crippen LogP contribution < -0.4 is 10.5 Å². The maximum Gasteiger partial charge on any atom is 0.233 e. The normalized spacial score (nSPS) is 11.4. The summed E-state index contributed by atoms with van der Waals surface area (Å²) in [6, 6.07) is 7.37. The maximum atomic E-state index is 11.5. The average Bonchev–Trinajstić information content (AvgIpc) is 2.29. The van der Waals surface area contributed by atoms with Gasteiger partial charge in [-0.1, -0.05) is 28.1 Å². The molecule has 0 aliphatic rings. The van der Waals surface area contributed by atoms with Crippen molar-refractivity contribution in [3.8, 4) is 0 Å². The molecule has 0 heterocycles. The minimum absolute atomic E-state index is 0. The first-order valence-corrected chi connectivity index (χ1v) is 7.51. The minimum Gasteiger partial charge on any atom is -0.330 e. The van der Waals surface area contributed by atoms with Crippen LogP contribution in [0.4, 0.5) is 0 Å². The lowest BCUT2D eigenvalue weighted by atomic mass is 10.2. The van der Waals surface area contributed by atoms with E-state index < -0.39 is 10.0 Å². The van der Waals surface area contributed by atoms with Crippen molar-refractivity contribution in [3.63, 3.8) is 0 Å². The van der Waals surface area contributed by atoms with Gasteiger partial charge in [0.15, 0.2) is 0 Å². The second kappa shape index (κ2) is 8.66. The van der Waals surface area contributed by atoms with Crippen molar-refractivity contribution in [2.75, 3.05) is 13.1 Å². The Bertz CT molecular complexity index is 474. The predicted octanol–water partition coefficient (Wildman–Crippen LogP) is 2.11. The largest absolute Gasteiger partial charge is 0.330 e. The number of sulfonamides is 1. The minimum atomic E-state index is -3.36. The standard InChI is InChI=1S/C11H15BrN2O2S.ClH/c12-11-4-2-10(3-5-11)6-9-17(15,16)14-8-1-7-13;/h2-6,9,14H,1,7-8,13H2;1H. The fraction of sp³-hybridized carbons (Fsp3) is 0.273. The number of rotatable bonds is 6. The van der Waals surface area contributed by atoms with E-state index in [1.165, 1.54) is 0 Å². The highest BCUT2D eigenvalue weighted by Gasteiger charge is 2.02. The molecule has 0 fully saturated rings. The molecule has 4 nitrogen and oxygen atoms in total. The molecule has 3 N–H and O–H groups in total. The quantitative estimate of drug-likeness (QED) is 0.768. The number of nitrogens with two attached hydrogens (primary N) is 1. The summed E-state index contributed by atoms with van der Waals surface area (Å²) < 4.78 is 26.4. The van der Waals surface area contributed by atoms with Crippen molar-refractivity contribution in [3.05, 3.63) is 39.7 Å². The molecule has 0 atom stereocenters. The van der Waals surface area contributed by atoms with Crippen molar-refractivity contribution < 1.29 is 8.42 Å². The number of benzene rings is 1. The molecule has 0 aliphatic carbocycles. The van der Waals surface area contributed by atoms with Crippen molar-refractivity contribution >= 4 is 44.4 Å². The molecule has 1 aromatic rings. The van der Waals surface area contributed by atoms with Crippen LogP contribution in [0.25, 0.3) is 6.08 Å². The topological polar surface area (TPSA) is 72.2 Å². The van der Waals surface area contributed by atoms with Crippen LogP contribution in [0, 0.1) is 0 Å². The molecular formula is C11H16BrClN2O2S. The van der Waals surface area contributed by atoms with Gasteiger partial charge in [0.05, 0.1) is 0 Å². The van der Waals surface area contributed by atoms with Gasteiger partial charge in [0.25, 0.3) is 0 Å². The van der Waals surface area contributed by atoms with E-state index in [9.17, 15) is 8.42 Å². The van der Waals surface area contributed by atoms with E-state index in [2.05, 4.69) is 20.7 Å². The van der Waals surface area contributed by atoms with Crippen molar-refractivity contribution in [1.82, 2.24) is 4.72 Å². The van der Waals surface area contributed by atoms with Crippen LogP contribution in [0.3, 0.4) is 0 Å². The Balaban J connectivity index is 0.00000289. The summed E-state index contributed by atoms with van der Waals surface area (Å²) >= 11 is 3.31. The van der Waals surface area contributed by atoms with E-state index in [1.54, 1.807) is 6.08 Å². The smallest absolute Gasteiger partial charge is 0.233 e. The third-order valence-corrected chi connectivity index (χ3v) is 3.62. The second-order valence-corrected chi connectivity index (χ2v) is 6.00. The van der Waals surface area contributed by atoms with Gasteiger partial charge < -0.3 is 5.73 Å². The SMILES string of the molecule is Cl.NCCCNS(=O)(=O)C=Cc1ccc(Br)cc1. The summed E-state index contributed by atoms with van der Waals surface area (Å²) in [6.07, 6.45) is 2.18. The highest BCUT2D eigenvalue weighted by atomic mass is 79.9. The molecule has 102 valence electrons. The lowest BCUT2D eigenvalue weighted by Crippen LogP contribution is -2.24. The molecule has 0 unspecified atom stereocenters. The fourth-order valence-electron chi connectivity index (χ4n) is 1.11. The Morgan fingerprint density at radius 2 is 1.89 bits per heavy atom. The second-order valence-electron chi connectivity index (χ2n) is 3.44. The first-order valence-electron chi connectivity index (χ1n) is 5.17. The highest BCUT2D eigenvalue weighted by Crippen LogP contribution is 2.11. The maximum absolute atomic E-state index is 11.5. The molecular weight excluding hydrogens is 340 g/mol. The number of hydrogen-bond acceptors (Lipinski definition) is 3. The molecule has 1 rings (SSSR count). The van der Waals surface area contributed by atoms with Crippen molar-refractivity contribution in [2.24, 2.45) is 5.73 Å². The number of hydrogen-bond donors (Lipinski definition) is 2. The third kappa shape index (κ3) is 7.13. The summed E-state index contributed by atoms with van der Waals surface area (Å²) in [5.74, 6) is 0. The molecule has 0 aromatic heterocycles. The summed E-state index contributed by atoms with van der Waals surface area (Å²) in [4.78, 5) is 0. The molecule has 1 aromatic carbocycles. The van der Waals surface area contributed by atoms with Crippen molar-refractivity contribution in [2.45, 2.75) is 6.42 Å². The summed E-state index contributed by atoms with van der Waals surface area (Å²) in [5, 5.41) is 1.16. The van der Waals surface area contributed by atoms with E-state index in [4.69, 9.17) is 5.73 Å². The summed E-state index contributed by atoms with van der Waals surface area (Å²) in [5.41, 5.74) is 6.11. The van der Waals surface area contributed by atoms with Gasteiger partial charge >= 0.3 is 0 Å². The van der Waals surface area contributed by atoms with Crippen LogP contribution in [-0.2, 0) is 10.0 Å². The van der Waals surface area contributed by atoms with Crippen LogP contribution in [-0.4, -0.2) is 21.5 Å². The average molecular weight is 356 g/mol. The van der Waals surface area contributed by atoms with Gasteiger partial charge in [-0.2, -0.15) is 0 Å². The summed E-state index contributed by atoms with van der Waals surface area (Å²) in [7, 11) is -3.36. The van der Waals surface area contributed by atoms with Gasteiger partial charge in [-0.15, -0.1) is 12.4 Å². The fourth-order valence-corrected chi connectivity index (χ4v) is 2.23. The molecule has 0 amide bonds. The number of nitrogens with one attached hydrogen (secondary N) is 1. The highest BCUT2D eigenvalue weighted by molar-refractivity contribution is 9.10. The lowest BCUT2D eigenvalue weighted by molar-refractivity contribution is 0.589. The molecule has 0 radical (unpaired) electrons. The molecule has 0 aliphatic heterocycles. The van der Waals surface area contributed by atoms with Gasteiger partial charge in [0.2, 0.25) is 10.0 Å². The third-order valence-electron chi connectivity index (χ3n) is 1.99. The van der Waals surface area contributed by atoms with E-state index in [0.29, 0.717) is 19.5 Å². The predicted molar refractivity (Wildman–Crippen MR) is 81.0 cm³/mol. The Morgan fingerprint density at radius 3 is 2.44 bits per heavy atom.